The van der Waals surface area contributed by atoms with Crippen LogP contribution >= 0.6 is 0 Å². The van der Waals surface area contributed by atoms with E-state index in [4.69, 9.17) is 9.47 Å². The van der Waals surface area contributed by atoms with E-state index in [1.807, 2.05) is 6.92 Å². The summed E-state index contributed by atoms with van der Waals surface area (Å²) in [4.78, 5) is 11.7. The first-order valence-electron chi connectivity index (χ1n) is 6.21. The van der Waals surface area contributed by atoms with Crippen molar-refractivity contribution in [1.82, 2.24) is 0 Å². The third kappa shape index (κ3) is 2.81. The Hall–Kier alpha value is -1.75. The quantitative estimate of drug-likeness (QED) is 0.612. The lowest BCUT2D eigenvalue weighted by molar-refractivity contribution is 0.0492. The molecule has 1 aromatic rings. The molecule has 0 radical (unpaired) electrons. The fourth-order valence-electron chi connectivity index (χ4n) is 2.08. The van der Waals surface area contributed by atoms with Crippen molar-refractivity contribution in [3.8, 4) is 17.2 Å². The van der Waals surface area contributed by atoms with Gasteiger partial charge in [-0.15, -0.1) is 0 Å². The molecule has 0 spiro atoms. The fraction of sp³-hybridized carbons (Fsp3) is 0.500. The molecule has 19 heavy (non-hydrogen) atoms. The molecule has 5 nitrogen and oxygen atoms in total. The van der Waals surface area contributed by atoms with Crippen molar-refractivity contribution < 1.29 is 24.5 Å². The number of Topliss-reactive ketones (excluding diaryl/α,β-unsaturated/α-hetero) is 1. The van der Waals surface area contributed by atoms with E-state index in [-0.39, 0.29) is 35.4 Å². The third-order valence-electron chi connectivity index (χ3n) is 2.98. The number of ether oxygens (including phenoxy) is 2. The van der Waals surface area contributed by atoms with Gasteiger partial charge < -0.3 is 19.7 Å². The number of rotatable bonds is 6. The van der Waals surface area contributed by atoms with Crippen LogP contribution < -0.4 is 4.74 Å². The SMILES string of the molecule is CCc1c(O)c(CC)c(OCOC)c(C(C)=O)c1O. The summed E-state index contributed by atoms with van der Waals surface area (Å²) in [5, 5.41) is 20.3. The topological polar surface area (TPSA) is 76.0 Å². The largest absolute Gasteiger partial charge is 0.507 e. The van der Waals surface area contributed by atoms with Gasteiger partial charge in [-0.2, -0.15) is 0 Å². The molecule has 1 aromatic carbocycles. The molecule has 1 rings (SSSR count). The molecule has 5 heteroatoms. The Morgan fingerprint density at radius 3 is 2.11 bits per heavy atom. The van der Waals surface area contributed by atoms with Crippen LogP contribution in [0.15, 0.2) is 0 Å². The van der Waals surface area contributed by atoms with Crippen molar-refractivity contribution in [2.75, 3.05) is 13.9 Å². The number of carbonyl (C=O) groups excluding carboxylic acids is 1. The maximum absolute atomic E-state index is 11.7. The Balaban J connectivity index is 3.60. The minimum atomic E-state index is -0.312. The summed E-state index contributed by atoms with van der Waals surface area (Å²) >= 11 is 0. The zero-order valence-corrected chi connectivity index (χ0v) is 11.7. The van der Waals surface area contributed by atoms with Crippen molar-refractivity contribution >= 4 is 5.78 Å². The molecular weight excluding hydrogens is 248 g/mol. The minimum Gasteiger partial charge on any atom is -0.507 e. The van der Waals surface area contributed by atoms with Crippen molar-refractivity contribution in [3.63, 3.8) is 0 Å². The smallest absolute Gasteiger partial charge is 0.188 e. The number of methoxy groups -OCH3 is 1. The van der Waals surface area contributed by atoms with Crippen LogP contribution in [0.4, 0.5) is 0 Å². The first kappa shape index (κ1) is 15.3. The summed E-state index contributed by atoms with van der Waals surface area (Å²) in [6, 6.07) is 0. The normalized spacial score (nSPS) is 10.5. The molecule has 0 saturated heterocycles. The molecule has 0 bridgehead atoms. The Morgan fingerprint density at radius 1 is 1.11 bits per heavy atom. The van der Waals surface area contributed by atoms with Crippen LogP contribution in [0.1, 0.15) is 42.3 Å². The van der Waals surface area contributed by atoms with Gasteiger partial charge in [-0.25, -0.2) is 0 Å². The van der Waals surface area contributed by atoms with Gasteiger partial charge in [0.1, 0.15) is 22.8 Å². The van der Waals surface area contributed by atoms with Gasteiger partial charge in [0.05, 0.1) is 0 Å². The summed E-state index contributed by atoms with van der Waals surface area (Å²) in [5.41, 5.74) is 0.979. The van der Waals surface area contributed by atoms with Gasteiger partial charge in [-0.3, -0.25) is 4.79 Å². The monoisotopic (exact) mass is 268 g/mol. The number of phenolic OH excluding ortho intramolecular Hbond substituents is 2. The van der Waals surface area contributed by atoms with E-state index >= 15 is 0 Å². The van der Waals surface area contributed by atoms with Crippen LogP contribution in [-0.4, -0.2) is 29.9 Å². The number of benzene rings is 1. The molecule has 0 saturated carbocycles. The van der Waals surface area contributed by atoms with E-state index in [0.29, 0.717) is 24.0 Å². The van der Waals surface area contributed by atoms with Crippen LogP contribution in [0, 0.1) is 0 Å². The van der Waals surface area contributed by atoms with Crippen LogP contribution in [-0.2, 0) is 17.6 Å². The molecule has 0 aliphatic carbocycles. The second-order valence-electron chi connectivity index (χ2n) is 4.17. The van der Waals surface area contributed by atoms with Gasteiger partial charge in [0.2, 0.25) is 0 Å². The van der Waals surface area contributed by atoms with E-state index in [2.05, 4.69) is 0 Å². The Labute approximate surface area is 112 Å². The zero-order valence-electron chi connectivity index (χ0n) is 11.7. The number of hydrogen-bond donors (Lipinski definition) is 2. The summed E-state index contributed by atoms with van der Waals surface area (Å²) < 4.78 is 10.2. The molecule has 0 atom stereocenters. The number of aromatic hydroxyl groups is 2. The summed E-state index contributed by atoms with van der Waals surface area (Å²) in [7, 11) is 1.46. The highest BCUT2D eigenvalue weighted by Gasteiger charge is 2.25. The van der Waals surface area contributed by atoms with Crippen LogP contribution in [0.3, 0.4) is 0 Å². The first-order chi connectivity index (χ1) is 8.99. The van der Waals surface area contributed by atoms with Gasteiger partial charge in [0.25, 0.3) is 0 Å². The lowest BCUT2D eigenvalue weighted by atomic mass is 9.95. The first-order valence-corrected chi connectivity index (χ1v) is 6.21. The van der Waals surface area contributed by atoms with Gasteiger partial charge in [-0.05, 0) is 19.8 Å². The van der Waals surface area contributed by atoms with Crippen molar-refractivity contribution in [3.05, 3.63) is 16.7 Å². The van der Waals surface area contributed by atoms with Crippen LogP contribution in [0.2, 0.25) is 0 Å². The van der Waals surface area contributed by atoms with Gasteiger partial charge in [0.15, 0.2) is 12.6 Å². The third-order valence-corrected chi connectivity index (χ3v) is 2.98. The number of phenols is 2. The molecule has 0 fully saturated rings. The average molecular weight is 268 g/mol. The van der Waals surface area contributed by atoms with Crippen LogP contribution in [0.25, 0.3) is 0 Å². The molecule has 0 aliphatic rings. The van der Waals surface area contributed by atoms with E-state index in [9.17, 15) is 15.0 Å². The number of carbonyl (C=O) groups is 1. The number of hydrogen-bond acceptors (Lipinski definition) is 5. The van der Waals surface area contributed by atoms with E-state index in [1.54, 1.807) is 6.92 Å². The Bertz CT molecular complexity index is 479. The summed E-state index contributed by atoms with van der Waals surface area (Å²) in [6.07, 6.45) is 0.911. The van der Waals surface area contributed by atoms with Crippen LogP contribution in [0.5, 0.6) is 17.2 Å². The molecule has 0 unspecified atom stereocenters. The molecule has 0 amide bonds. The Morgan fingerprint density at radius 2 is 1.68 bits per heavy atom. The lowest BCUT2D eigenvalue weighted by Crippen LogP contribution is -2.09. The second kappa shape index (κ2) is 6.43. The van der Waals surface area contributed by atoms with Crippen molar-refractivity contribution in [2.24, 2.45) is 0 Å². The number of ketones is 1. The predicted octanol–water partition coefficient (Wildman–Crippen LogP) is 2.41. The molecule has 2 N–H and O–H groups in total. The van der Waals surface area contributed by atoms with Gasteiger partial charge in [0, 0.05) is 18.2 Å². The molecule has 0 aliphatic heterocycles. The maximum atomic E-state index is 11.7. The summed E-state index contributed by atoms with van der Waals surface area (Å²) in [6.45, 7) is 4.94. The lowest BCUT2D eigenvalue weighted by Gasteiger charge is -2.19. The highest BCUT2D eigenvalue weighted by Crippen LogP contribution is 2.43. The molecule has 0 heterocycles. The highest BCUT2D eigenvalue weighted by atomic mass is 16.7. The summed E-state index contributed by atoms with van der Waals surface area (Å²) in [5.74, 6) is -0.341. The van der Waals surface area contributed by atoms with E-state index in [1.165, 1.54) is 14.0 Å². The minimum absolute atomic E-state index is 0.0152. The van der Waals surface area contributed by atoms with Crippen molar-refractivity contribution in [1.29, 1.82) is 0 Å². The predicted molar refractivity (Wildman–Crippen MR) is 71.0 cm³/mol. The second-order valence-corrected chi connectivity index (χ2v) is 4.17. The Kier molecular flexibility index (Phi) is 5.18. The highest BCUT2D eigenvalue weighted by molar-refractivity contribution is 6.01. The van der Waals surface area contributed by atoms with E-state index < -0.39 is 0 Å². The maximum Gasteiger partial charge on any atom is 0.188 e. The fourth-order valence-corrected chi connectivity index (χ4v) is 2.08. The standard InChI is InChI=1S/C14H20O5/c1-5-9-12(16)10(6-2)14(19-7-18-4)11(8(3)15)13(9)17/h16-17H,5-7H2,1-4H3. The van der Waals surface area contributed by atoms with Gasteiger partial charge in [-0.1, -0.05) is 13.8 Å². The van der Waals surface area contributed by atoms with E-state index in [0.717, 1.165) is 0 Å². The zero-order chi connectivity index (χ0) is 14.6. The van der Waals surface area contributed by atoms with Crippen molar-refractivity contribution in [2.45, 2.75) is 33.6 Å². The molecule has 0 aromatic heterocycles. The molecular formula is C14H20O5. The average Bonchev–Trinajstić information content (AvgIpc) is 2.36. The molecule has 106 valence electrons. The van der Waals surface area contributed by atoms with Gasteiger partial charge >= 0.3 is 0 Å².